The Morgan fingerprint density at radius 1 is 1.56 bits per heavy atom. The number of aromatic amines is 1. The van der Waals surface area contributed by atoms with Crippen LogP contribution in [0.3, 0.4) is 0 Å². The number of hydrogen-bond donors (Lipinski definition) is 3. The lowest BCUT2D eigenvalue weighted by Gasteiger charge is -2.15. The fourth-order valence-electron chi connectivity index (χ4n) is 1.47. The van der Waals surface area contributed by atoms with Crippen molar-refractivity contribution < 1.29 is 0 Å². The van der Waals surface area contributed by atoms with Crippen LogP contribution >= 0.6 is 0 Å². The lowest BCUT2D eigenvalue weighted by atomic mass is 10.3. The third-order valence-corrected chi connectivity index (χ3v) is 2.34. The minimum absolute atomic E-state index is 0.101. The van der Waals surface area contributed by atoms with Gasteiger partial charge in [0.05, 0.1) is 5.56 Å². The largest absolute Gasteiger partial charge is 0.356 e. The predicted octanol–water partition coefficient (Wildman–Crippen LogP) is -0.483. The van der Waals surface area contributed by atoms with Crippen LogP contribution in [0.2, 0.25) is 0 Å². The average molecular weight is 221 g/mol. The van der Waals surface area contributed by atoms with Crippen LogP contribution in [0.15, 0.2) is 16.0 Å². The van der Waals surface area contributed by atoms with Crippen LogP contribution in [-0.2, 0) is 6.54 Å². The maximum absolute atomic E-state index is 11.5. The molecule has 0 fully saturated rings. The molecule has 0 spiro atoms. The Bertz CT molecular complexity index is 451. The molecule has 86 valence electrons. The standard InChI is InChI=1S/C10H15N5O/c1-7-13-5-8(9(16)15-7)6-14-10-11-3-2-4-12-10/h5H,2-4,6H2,1H3,(H2,11,12,14)(H,13,15,16). The molecule has 0 radical (unpaired) electrons. The Balaban J connectivity index is 1.99. The smallest absolute Gasteiger partial charge is 0.255 e. The van der Waals surface area contributed by atoms with Crippen molar-refractivity contribution >= 4 is 5.96 Å². The van der Waals surface area contributed by atoms with Gasteiger partial charge in [0, 0.05) is 25.8 Å². The summed E-state index contributed by atoms with van der Waals surface area (Å²) in [6.07, 6.45) is 2.64. The monoisotopic (exact) mass is 221 g/mol. The second-order valence-electron chi connectivity index (χ2n) is 3.69. The van der Waals surface area contributed by atoms with Crippen LogP contribution < -0.4 is 16.2 Å². The normalized spacial score (nSPS) is 15.2. The Morgan fingerprint density at radius 2 is 2.44 bits per heavy atom. The Morgan fingerprint density at radius 3 is 3.12 bits per heavy atom. The van der Waals surface area contributed by atoms with E-state index in [-0.39, 0.29) is 5.56 Å². The van der Waals surface area contributed by atoms with E-state index in [1.54, 1.807) is 13.1 Å². The zero-order valence-electron chi connectivity index (χ0n) is 9.21. The number of guanidine groups is 1. The minimum atomic E-state index is -0.101. The van der Waals surface area contributed by atoms with Crippen LogP contribution in [0, 0.1) is 6.92 Å². The van der Waals surface area contributed by atoms with E-state index in [2.05, 4.69) is 25.6 Å². The molecule has 2 rings (SSSR count). The van der Waals surface area contributed by atoms with Gasteiger partial charge in [0.1, 0.15) is 5.82 Å². The molecule has 3 N–H and O–H groups in total. The van der Waals surface area contributed by atoms with Gasteiger partial charge in [0.2, 0.25) is 0 Å². The second-order valence-corrected chi connectivity index (χ2v) is 3.69. The van der Waals surface area contributed by atoms with Gasteiger partial charge < -0.3 is 15.6 Å². The van der Waals surface area contributed by atoms with Crippen molar-refractivity contribution in [2.24, 2.45) is 4.99 Å². The first kappa shape index (κ1) is 10.7. The summed E-state index contributed by atoms with van der Waals surface area (Å²) in [5.74, 6) is 1.38. The van der Waals surface area contributed by atoms with E-state index in [9.17, 15) is 4.79 Å². The molecule has 0 aliphatic carbocycles. The van der Waals surface area contributed by atoms with Gasteiger partial charge in [-0.3, -0.25) is 9.79 Å². The molecule has 1 aliphatic rings. The van der Waals surface area contributed by atoms with Gasteiger partial charge in [-0.1, -0.05) is 0 Å². The molecule has 0 bridgehead atoms. The van der Waals surface area contributed by atoms with Crippen molar-refractivity contribution in [2.75, 3.05) is 13.1 Å². The fourth-order valence-corrected chi connectivity index (χ4v) is 1.47. The molecule has 1 aliphatic heterocycles. The number of rotatable bonds is 2. The second kappa shape index (κ2) is 4.78. The van der Waals surface area contributed by atoms with Gasteiger partial charge in [0.25, 0.3) is 5.56 Å². The van der Waals surface area contributed by atoms with Crippen LogP contribution in [0.1, 0.15) is 17.8 Å². The fraction of sp³-hybridized carbons (Fsp3) is 0.500. The molecule has 6 heteroatoms. The van der Waals surface area contributed by atoms with Gasteiger partial charge in [-0.2, -0.15) is 0 Å². The van der Waals surface area contributed by atoms with Crippen LogP contribution in [0.25, 0.3) is 0 Å². The molecule has 0 saturated carbocycles. The van der Waals surface area contributed by atoms with E-state index in [0.29, 0.717) is 17.9 Å². The van der Waals surface area contributed by atoms with Crippen molar-refractivity contribution in [3.8, 4) is 0 Å². The Labute approximate surface area is 93.2 Å². The van der Waals surface area contributed by atoms with Crippen LogP contribution in [0.4, 0.5) is 0 Å². The minimum Gasteiger partial charge on any atom is -0.356 e. The molecular formula is C10H15N5O. The summed E-state index contributed by atoms with van der Waals surface area (Å²) in [6, 6.07) is 0. The number of H-pyrrole nitrogens is 1. The van der Waals surface area contributed by atoms with Gasteiger partial charge in [-0.05, 0) is 13.3 Å². The van der Waals surface area contributed by atoms with Crippen molar-refractivity contribution in [3.05, 3.63) is 27.9 Å². The highest BCUT2D eigenvalue weighted by Crippen LogP contribution is 1.91. The first-order valence-electron chi connectivity index (χ1n) is 5.33. The zero-order valence-corrected chi connectivity index (χ0v) is 9.21. The predicted molar refractivity (Wildman–Crippen MR) is 61.4 cm³/mol. The van der Waals surface area contributed by atoms with Crippen LogP contribution in [0.5, 0.6) is 0 Å². The van der Waals surface area contributed by atoms with E-state index < -0.39 is 0 Å². The lowest BCUT2D eigenvalue weighted by Crippen LogP contribution is -2.41. The summed E-state index contributed by atoms with van der Waals surface area (Å²) in [5, 5.41) is 6.20. The molecule has 1 aromatic heterocycles. The van der Waals surface area contributed by atoms with E-state index in [4.69, 9.17) is 0 Å². The Hall–Kier alpha value is -1.85. The van der Waals surface area contributed by atoms with E-state index >= 15 is 0 Å². The number of hydrogen-bond acceptors (Lipinski definition) is 5. The van der Waals surface area contributed by atoms with E-state index in [0.717, 1.165) is 25.5 Å². The summed E-state index contributed by atoms with van der Waals surface area (Å²) in [5.41, 5.74) is 0.511. The molecular weight excluding hydrogens is 206 g/mol. The van der Waals surface area contributed by atoms with Gasteiger partial charge in [-0.25, -0.2) is 4.98 Å². The molecule has 0 atom stereocenters. The maximum atomic E-state index is 11.5. The lowest BCUT2D eigenvalue weighted by molar-refractivity contribution is 0.699. The quantitative estimate of drug-likeness (QED) is 0.630. The molecule has 1 aromatic rings. The van der Waals surface area contributed by atoms with Crippen molar-refractivity contribution in [1.82, 2.24) is 20.6 Å². The van der Waals surface area contributed by atoms with Gasteiger partial charge in [0.15, 0.2) is 5.96 Å². The topological polar surface area (TPSA) is 82.2 Å². The summed E-state index contributed by atoms with van der Waals surface area (Å²) >= 11 is 0. The maximum Gasteiger partial charge on any atom is 0.255 e. The molecule has 0 amide bonds. The first-order chi connectivity index (χ1) is 7.75. The van der Waals surface area contributed by atoms with Crippen molar-refractivity contribution in [3.63, 3.8) is 0 Å². The molecule has 0 unspecified atom stereocenters. The molecule has 2 heterocycles. The number of aliphatic imine (C=N–C) groups is 1. The summed E-state index contributed by atoms with van der Waals surface area (Å²) in [6.45, 7) is 3.95. The molecule has 16 heavy (non-hydrogen) atoms. The molecule has 0 saturated heterocycles. The summed E-state index contributed by atoms with van der Waals surface area (Å²) in [7, 11) is 0. The molecule has 6 nitrogen and oxygen atoms in total. The highest BCUT2D eigenvalue weighted by atomic mass is 16.1. The van der Waals surface area contributed by atoms with E-state index in [1.165, 1.54) is 0 Å². The first-order valence-corrected chi connectivity index (χ1v) is 5.33. The third-order valence-electron chi connectivity index (χ3n) is 2.34. The number of aryl methyl sites for hydroxylation is 1. The summed E-state index contributed by atoms with van der Waals surface area (Å²) < 4.78 is 0. The molecule has 0 aromatic carbocycles. The number of nitrogens with one attached hydrogen (secondary N) is 3. The van der Waals surface area contributed by atoms with Gasteiger partial charge in [-0.15, -0.1) is 0 Å². The van der Waals surface area contributed by atoms with E-state index in [1.807, 2.05) is 0 Å². The Kier molecular flexibility index (Phi) is 3.19. The highest BCUT2D eigenvalue weighted by Gasteiger charge is 2.05. The van der Waals surface area contributed by atoms with Crippen molar-refractivity contribution in [1.29, 1.82) is 0 Å². The SMILES string of the molecule is Cc1ncc(CNC2=NCCCN2)c(=O)[nH]1. The number of aromatic nitrogens is 2. The average Bonchev–Trinajstić information content (AvgIpc) is 2.29. The number of nitrogens with zero attached hydrogens (tertiary/aromatic N) is 2. The van der Waals surface area contributed by atoms with Gasteiger partial charge >= 0.3 is 0 Å². The third kappa shape index (κ3) is 2.59. The van der Waals surface area contributed by atoms with Crippen molar-refractivity contribution in [2.45, 2.75) is 19.9 Å². The highest BCUT2D eigenvalue weighted by molar-refractivity contribution is 5.80. The zero-order chi connectivity index (χ0) is 11.4. The summed E-state index contributed by atoms with van der Waals surface area (Å²) in [4.78, 5) is 22.5. The van der Waals surface area contributed by atoms with Crippen LogP contribution in [-0.4, -0.2) is 29.0 Å².